The van der Waals surface area contributed by atoms with Crippen LogP contribution in [-0.2, 0) is 10.0 Å². The van der Waals surface area contributed by atoms with Gasteiger partial charge in [-0.3, -0.25) is 10.1 Å². The van der Waals surface area contributed by atoms with Crippen LogP contribution in [0, 0.1) is 0 Å². The number of anilines is 1. The minimum Gasteiger partial charge on any atom is -0.497 e. The number of rotatable bonds is 8. The highest BCUT2D eigenvalue weighted by molar-refractivity contribution is 7.89. The van der Waals surface area contributed by atoms with E-state index >= 15 is 0 Å². The molecule has 0 radical (unpaired) electrons. The Morgan fingerprint density at radius 2 is 1.89 bits per heavy atom. The molecular weight excluding hydrogens is 472 g/mol. The minimum absolute atomic E-state index is 0.00720. The smallest absolute Gasteiger partial charge is 0.322 e. The first-order chi connectivity index (χ1) is 16.9. The summed E-state index contributed by atoms with van der Waals surface area (Å²) in [6, 6.07) is 10.9. The van der Waals surface area contributed by atoms with E-state index < -0.39 is 15.9 Å². The molecule has 10 nitrogen and oxygen atoms in total. The van der Waals surface area contributed by atoms with Gasteiger partial charge in [0, 0.05) is 24.2 Å². The first-order valence-corrected chi connectivity index (χ1v) is 12.8. The van der Waals surface area contributed by atoms with Crippen LogP contribution in [0.1, 0.15) is 43.0 Å². The van der Waals surface area contributed by atoms with Crippen LogP contribution < -0.4 is 14.8 Å². The zero-order valence-corrected chi connectivity index (χ0v) is 20.7. The predicted octanol–water partition coefficient (Wildman–Crippen LogP) is 3.96. The van der Waals surface area contributed by atoms with E-state index in [1.54, 1.807) is 29.6 Å². The van der Waals surface area contributed by atoms with E-state index in [1.807, 2.05) is 6.92 Å². The number of nitrogens with zero attached hydrogens (tertiary/aromatic N) is 3. The number of nitrogens with one attached hydrogen (secondary N) is 1. The molecule has 0 saturated carbocycles. The number of amides is 1. The molecule has 2 aromatic carbocycles. The number of aromatic nitrogens is 2. The van der Waals surface area contributed by atoms with Crippen molar-refractivity contribution in [3.63, 3.8) is 0 Å². The van der Waals surface area contributed by atoms with Gasteiger partial charge < -0.3 is 13.9 Å². The van der Waals surface area contributed by atoms with Crippen LogP contribution in [0.3, 0.4) is 0 Å². The van der Waals surface area contributed by atoms with Crippen LogP contribution in [0.2, 0.25) is 0 Å². The summed E-state index contributed by atoms with van der Waals surface area (Å²) < 4.78 is 44.0. The van der Waals surface area contributed by atoms with Gasteiger partial charge in [0.25, 0.3) is 11.8 Å². The average molecular weight is 501 g/mol. The van der Waals surface area contributed by atoms with Crippen LogP contribution in [0.15, 0.2) is 51.8 Å². The van der Waals surface area contributed by atoms with Crippen molar-refractivity contribution in [2.75, 3.05) is 26.1 Å². The number of ether oxygens (including phenoxy) is 2. The number of hydrogen-bond acceptors (Lipinski definition) is 8. The molecule has 4 rings (SSSR count). The second-order valence-corrected chi connectivity index (χ2v) is 10.0. The number of benzene rings is 2. The van der Waals surface area contributed by atoms with E-state index in [9.17, 15) is 13.2 Å². The molecule has 1 saturated heterocycles. The molecule has 3 aromatic rings. The summed E-state index contributed by atoms with van der Waals surface area (Å²) in [5.74, 6) is 0.736. The monoisotopic (exact) mass is 500 g/mol. The topological polar surface area (TPSA) is 124 Å². The standard InChI is InChI=1S/C24H28N4O6S/c1-4-17-7-5-6-14-28(17)35(30,31)19-11-8-16(9-12-19)22(29)25-24-27-26-23(34-24)20-13-10-18(32-2)15-21(20)33-3/h8-13,15,17H,4-7,14H2,1-3H3,(H,25,27,29). The quantitative estimate of drug-likeness (QED) is 0.493. The van der Waals surface area contributed by atoms with Crippen molar-refractivity contribution in [3.8, 4) is 23.0 Å². The summed E-state index contributed by atoms with van der Waals surface area (Å²) in [5.41, 5.74) is 0.801. The molecule has 186 valence electrons. The van der Waals surface area contributed by atoms with Gasteiger partial charge in [-0.1, -0.05) is 18.4 Å². The number of sulfonamides is 1. The Morgan fingerprint density at radius 3 is 2.57 bits per heavy atom. The van der Waals surface area contributed by atoms with Gasteiger partial charge in [-0.15, -0.1) is 5.10 Å². The van der Waals surface area contributed by atoms with Crippen molar-refractivity contribution in [3.05, 3.63) is 48.0 Å². The molecule has 1 unspecified atom stereocenters. The second-order valence-electron chi connectivity index (χ2n) is 8.13. The van der Waals surface area contributed by atoms with Crippen molar-refractivity contribution >= 4 is 21.9 Å². The minimum atomic E-state index is -3.62. The van der Waals surface area contributed by atoms with Crippen molar-refractivity contribution in [1.29, 1.82) is 0 Å². The van der Waals surface area contributed by atoms with Gasteiger partial charge >= 0.3 is 6.01 Å². The van der Waals surface area contributed by atoms with E-state index in [0.29, 0.717) is 23.6 Å². The first kappa shape index (κ1) is 24.7. The van der Waals surface area contributed by atoms with Crippen LogP contribution in [0.25, 0.3) is 11.5 Å². The molecule has 11 heteroatoms. The molecule has 1 amide bonds. The number of methoxy groups -OCH3 is 2. The van der Waals surface area contributed by atoms with Crippen LogP contribution >= 0.6 is 0 Å². The highest BCUT2D eigenvalue weighted by Gasteiger charge is 2.32. The lowest BCUT2D eigenvalue weighted by Gasteiger charge is -2.34. The van der Waals surface area contributed by atoms with E-state index in [0.717, 1.165) is 25.7 Å². The van der Waals surface area contributed by atoms with Gasteiger partial charge in [-0.2, -0.15) is 4.31 Å². The lowest BCUT2D eigenvalue weighted by Crippen LogP contribution is -2.43. The largest absolute Gasteiger partial charge is 0.497 e. The molecule has 1 aliphatic rings. The number of carbonyl (C=O) groups excluding carboxylic acids is 1. The third kappa shape index (κ3) is 5.15. The van der Waals surface area contributed by atoms with E-state index in [-0.39, 0.29) is 28.4 Å². The zero-order valence-electron chi connectivity index (χ0n) is 19.9. The van der Waals surface area contributed by atoms with Gasteiger partial charge in [0.1, 0.15) is 11.5 Å². The molecular formula is C24H28N4O6S. The fraction of sp³-hybridized carbons (Fsp3) is 0.375. The summed E-state index contributed by atoms with van der Waals surface area (Å²) in [6.07, 6.45) is 3.52. The predicted molar refractivity (Wildman–Crippen MR) is 129 cm³/mol. The average Bonchev–Trinajstić information content (AvgIpc) is 3.36. The summed E-state index contributed by atoms with van der Waals surface area (Å²) in [5, 5.41) is 10.4. The summed E-state index contributed by atoms with van der Waals surface area (Å²) in [6.45, 7) is 2.52. The van der Waals surface area contributed by atoms with Gasteiger partial charge in [-0.25, -0.2) is 8.42 Å². The summed E-state index contributed by atoms with van der Waals surface area (Å²) >= 11 is 0. The van der Waals surface area contributed by atoms with Gasteiger partial charge in [-0.05, 0) is 55.7 Å². The Kier molecular flexibility index (Phi) is 7.37. The highest BCUT2D eigenvalue weighted by Crippen LogP contribution is 2.33. The molecule has 1 aliphatic heterocycles. The van der Waals surface area contributed by atoms with Crippen molar-refractivity contribution in [2.24, 2.45) is 0 Å². The van der Waals surface area contributed by atoms with Crippen LogP contribution in [0.5, 0.6) is 11.5 Å². The zero-order chi connectivity index (χ0) is 25.0. The Labute approximate surface area is 204 Å². The molecule has 0 aliphatic carbocycles. The Hall–Kier alpha value is -3.44. The van der Waals surface area contributed by atoms with Crippen molar-refractivity contribution in [1.82, 2.24) is 14.5 Å². The van der Waals surface area contributed by atoms with Crippen molar-refractivity contribution in [2.45, 2.75) is 43.5 Å². The summed E-state index contributed by atoms with van der Waals surface area (Å²) in [4.78, 5) is 12.9. The maximum atomic E-state index is 13.1. The molecule has 2 heterocycles. The number of carbonyl (C=O) groups is 1. The fourth-order valence-electron chi connectivity index (χ4n) is 4.14. The van der Waals surface area contributed by atoms with Crippen LogP contribution in [0.4, 0.5) is 6.01 Å². The first-order valence-electron chi connectivity index (χ1n) is 11.4. The molecule has 1 fully saturated rings. The van der Waals surface area contributed by atoms with E-state index in [2.05, 4.69) is 15.5 Å². The SMILES string of the molecule is CCC1CCCCN1S(=O)(=O)c1ccc(C(=O)Nc2nnc(-c3ccc(OC)cc3OC)o2)cc1. The molecule has 1 aromatic heterocycles. The highest BCUT2D eigenvalue weighted by atomic mass is 32.2. The lowest BCUT2D eigenvalue weighted by atomic mass is 10.0. The lowest BCUT2D eigenvalue weighted by molar-refractivity contribution is 0.102. The fourth-order valence-corrected chi connectivity index (χ4v) is 5.91. The third-order valence-electron chi connectivity index (χ3n) is 6.05. The normalized spacial score (nSPS) is 16.6. The van der Waals surface area contributed by atoms with Gasteiger partial charge in [0.2, 0.25) is 10.0 Å². The second kappa shape index (κ2) is 10.4. The van der Waals surface area contributed by atoms with E-state index in [4.69, 9.17) is 13.9 Å². The maximum Gasteiger partial charge on any atom is 0.322 e. The number of piperidine rings is 1. The maximum absolute atomic E-state index is 13.1. The van der Waals surface area contributed by atoms with E-state index in [1.165, 1.54) is 31.4 Å². The van der Waals surface area contributed by atoms with Gasteiger partial charge in [0.15, 0.2) is 0 Å². The molecule has 0 bridgehead atoms. The number of hydrogen-bond donors (Lipinski definition) is 1. The molecule has 1 N–H and O–H groups in total. The Morgan fingerprint density at radius 1 is 1.11 bits per heavy atom. The third-order valence-corrected chi connectivity index (χ3v) is 8.02. The molecule has 1 atom stereocenters. The Bertz CT molecular complexity index is 1290. The molecule has 0 spiro atoms. The molecule has 35 heavy (non-hydrogen) atoms. The summed E-state index contributed by atoms with van der Waals surface area (Å²) in [7, 11) is -0.567. The van der Waals surface area contributed by atoms with Gasteiger partial charge in [0.05, 0.1) is 24.7 Å². The Balaban J connectivity index is 1.48. The van der Waals surface area contributed by atoms with Crippen LogP contribution in [-0.4, -0.2) is 55.6 Å². The van der Waals surface area contributed by atoms with Crippen molar-refractivity contribution < 1.29 is 27.1 Å².